The molecular weight excluding hydrogens is 252 g/mol. The third-order valence-electron chi connectivity index (χ3n) is 3.73. The van der Waals surface area contributed by atoms with Gasteiger partial charge in [-0.15, -0.1) is 0 Å². The van der Waals surface area contributed by atoms with Gasteiger partial charge in [0.2, 0.25) is 5.89 Å². The van der Waals surface area contributed by atoms with E-state index in [0.29, 0.717) is 12.5 Å². The lowest BCUT2D eigenvalue weighted by molar-refractivity contribution is 0.280. The second kappa shape index (κ2) is 5.71. The number of rotatable bonds is 5. The van der Waals surface area contributed by atoms with Gasteiger partial charge in [-0.25, -0.2) is 0 Å². The fourth-order valence-electron chi connectivity index (χ4n) is 2.41. The molecule has 0 bridgehead atoms. The molecule has 0 saturated heterocycles. The minimum atomic E-state index is 0.500. The third-order valence-corrected chi connectivity index (χ3v) is 3.73. The monoisotopic (exact) mass is 272 g/mol. The van der Waals surface area contributed by atoms with E-state index in [-0.39, 0.29) is 0 Å². The van der Waals surface area contributed by atoms with Crippen molar-refractivity contribution in [1.82, 2.24) is 20.0 Å². The van der Waals surface area contributed by atoms with Crippen LogP contribution in [-0.2, 0) is 13.1 Å². The normalized spacial score (nSPS) is 15.6. The van der Waals surface area contributed by atoms with E-state index in [4.69, 9.17) is 4.52 Å². The average Bonchev–Trinajstić information content (AvgIpc) is 2.74. The summed E-state index contributed by atoms with van der Waals surface area (Å²) in [4.78, 5) is 11.1. The first-order valence-corrected chi connectivity index (χ1v) is 7.14. The van der Waals surface area contributed by atoms with E-state index < -0.39 is 0 Å². The van der Waals surface area contributed by atoms with Crippen molar-refractivity contribution in [2.45, 2.75) is 45.2 Å². The van der Waals surface area contributed by atoms with Crippen LogP contribution in [0, 0.1) is 6.92 Å². The van der Waals surface area contributed by atoms with E-state index in [9.17, 15) is 0 Å². The first kappa shape index (κ1) is 13.2. The van der Waals surface area contributed by atoms with Gasteiger partial charge >= 0.3 is 0 Å². The molecule has 1 aliphatic rings. The van der Waals surface area contributed by atoms with Crippen molar-refractivity contribution in [3.8, 4) is 0 Å². The quantitative estimate of drug-likeness (QED) is 0.837. The molecule has 106 valence electrons. The Labute approximate surface area is 119 Å². The molecule has 0 atom stereocenters. The lowest BCUT2D eigenvalue weighted by Gasteiger charge is -2.20. The van der Waals surface area contributed by atoms with Gasteiger partial charge < -0.3 is 4.52 Å². The van der Waals surface area contributed by atoms with Crippen molar-refractivity contribution >= 4 is 0 Å². The summed E-state index contributed by atoms with van der Waals surface area (Å²) >= 11 is 0. The fraction of sp³-hybridized carbons (Fsp3) is 0.533. The summed E-state index contributed by atoms with van der Waals surface area (Å²) in [7, 11) is 2.05. The van der Waals surface area contributed by atoms with Crippen LogP contribution in [-0.4, -0.2) is 27.1 Å². The lowest BCUT2D eigenvalue weighted by atomic mass is 9.85. The Bertz CT molecular complexity index is 577. The molecule has 0 radical (unpaired) electrons. The third kappa shape index (κ3) is 3.04. The van der Waals surface area contributed by atoms with Crippen LogP contribution in [0.3, 0.4) is 0 Å². The highest BCUT2D eigenvalue weighted by Crippen LogP contribution is 2.35. The van der Waals surface area contributed by atoms with E-state index >= 15 is 0 Å². The predicted molar refractivity (Wildman–Crippen MR) is 75.0 cm³/mol. The molecule has 0 unspecified atom stereocenters. The highest BCUT2D eigenvalue weighted by Gasteiger charge is 2.25. The first-order chi connectivity index (χ1) is 9.70. The summed E-state index contributed by atoms with van der Waals surface area (Å²) < 4.78 is 5.34. The van der Waals surface area contributed by atoms with Gasteiger partial charge in [0, 0.05) is 18.2 Å². The summed E-state index contributed by atoms with van der Waals surface area (Å²) in [5.41, 5.74) is 2.11. The highest BCUT2D eigenvalue weighted by molar-refractivity contribution is 5.09. The van der Waals surface area contributed by atoms with Crippen molar-refractivity contribution in [2.24, 2.45) is 0 Å². The number of pyridine rings is 1. The van der Waals surface area contributed by atoms with Gasteiger partial charge in [0.1, 0.15) is 0 Å². The maximum absolute atomic E-state index is 5.34. The number of aryl methyl sites for hydroxylation is 1. The number of aromatic nitrogens is 3. The minimum Gasteiger partial charge on any atom is -0.339 e. The minimum absolute atomic E-state index is 0.500. The van der Waals surface area contributed by atoms with E-state index in [0.717, 1.165) is 29.6 Å². The largest absolute Gasteiger partial charge is 0.339 e. The van der Waals surface area contributed by atoms with Crippen LogP contribution in [0.2, 0.25) is 0 Å². The van der Waals surface area contributed by atoms with Gasteiger partial charge in [-0.05, 0) is 38.9 Å². The van der Waals surface area contributed by atoms with Crippen molar-refractivity contribution in [3.05, 3.63) is 41.3 Å². The van der Waals surface area contributed by atoms with Gasteiger partial charge in [-0.1, -0.05) is 17.6 Å². The second-order valence-electron chi connectivity index (χ2n) is 5.62. The Hall–Kier alpha value is -1.75. The lowest BCUT2D eigenvalue weighted by Crippen LogP contribution is -2.19. The molecule has 5 heteroatoms. The smallest absolute Gasteiger partial charge is 0.229 e. The van der Waals surface area contributed by atoms with Gasteiger partial charge in [0.05, 0.1) is 12.2 Å². The van der Waals surface area contributed by atoms with Gasteiger partial charge in [-0.3, -0.25) is 9.88 Å². The Morgan fingerprint density at radius 1 is 1.25 bits per heavy atom. The average molecular weight is 272 g/mol. The molecule has 0 aromatic carbocycles. The van der Waals surface area contributed by atoms with E-state index in [1.165, 1.54) is 19.3 Å². The van der Waals surface area contributed by atoms with E-state index in [1.54, 1.807) is 0 Å². The SMILES string of the molecule is Cc1cccc(CN(C)Cc2noc(C3CCC3)n2)n1. The second-order valence-corrected chi connectivity index (χ2v) is 5.62. The molecule has 3 rings (SSSR count). The standard InChI is InChI=1S/C15H20N4O/c1-11-5-3-8-13(16-11)9-19(2)10-14-17-15(20-18-14)12-6-4-7-12/h3,5,8,12H,4,6-7,9-10H2,1-2H3. The van der Waals surface area contributed by atoms with Crippen molar-refractivity contribution in [2.75, 3.05) is 7.05 Å². The Morgan fingerprint density at radius 2 is 2.10 bits per heavy atom. The maximum Gasteiger partial charge on any atom is 0.229 e. The number of hydrogen-bond donors (Lipinski definition) is 0. The molecule has 2 aromatic heterocycles. The summed E-state index contributed by atoms with van der Waals surface area (Å²) in [5, 5.41) is 4.07. The molecule has 5 nitrogen and oxygen atoms in total. The van der Waals surface area contributed by atoms with Crippen LogP contribution in [0.1, 0.15) is 48.3 Å². The molecule has 0 amide bonds. The highest BCUT2D eigenvalue weighted by atomic mass is 16.5. The predicted octanol–water partition coefficient (Wildman–Crippen LogP) is 2.67. The molecule has 1 aliphatic carbocycles. The molecule has 1 fully saturated rings. The molecule has 20 heavy (non-hydrogen) atoms. The van der Waals surface area contributed by atoms with Gasteiger partial charge in [0.25, 0.3) is 0 Å². The molecule has 1 saturated carbocycles. The van der Waals surface area contributed by atoms with Crippen LogP contribution in [0.4, 0.5) is 0 Å². The van der Waals surface area contributed by atoms with Crippen molar-refractivity contribution in [3.63, 3.8) is 0 Å². The zero-order valence-corrected chi connectivity index (χ0v) is 12.0. The van der Waals surface area contributed by atoms with Gasteiger partial charge in [-0.2, -0.15) is 4.98 Å². The maximum atomic E-state index is 5.34. The van der Waals surface area contributed by atoms with Gasteiger partial charge in [0.15, 0.2) is 5.82 Å². The Balaban J connectivity index is 1.58. The summed E-state index contributed by atoms with van der Waals surface area (Å²) in [6.07, 6.45) is 3.65. The summed E-state index contributed by atoms with van der Waals surface area (Å²) in [5.74, 6) is 2.08. The molecule has 2 heterocycles. The van der Waals surface area contributed by atoms with Crippen LogP contribution < -0.4 is 0 Å². The molecular formula is C15H20N4O. The van der Waals surface area contributed by atoms with Crippen LogP contribution in [0.15, 0.2) is 22.7 Å². The van der Waals surface area contributed by atoms with Crippen molar-refractivity contribution < 1.29 is 4.52 Å². The molecule has 0 spiro atoms. The molecule has 2 aromatic rings. The summed E-state index contributed by atoms with van der Waals surface area (Å²) in [6, 6.07) is 6.08. The van der Waals surface area contributed by atoms with Crippen LogP contribution in [0.25, 0.3) is 0 Å². The zero-order valence-electron chi connectivity index (χ0n) is 12.0. The topological polar surface area (TPSA) is 55.1 Å². The van der Waals surface area contributed by atoms with Crippen LogP contribution in [0.5, 0.6) is 0 Å². The molecule has 0 aliphatic heterocycles. The Kier molecular flexibility index (Phi) is 3.78. The van der Waals surface area contributed by atoms with E-state index in [2.05, 4.69) is 20.0 Å². The number of nitrogens with zero attached hydrogens (tertiary/aromatic N) is 4. The zero-order chi connectivity index (χ0) is 13.9. The summed E-state index contributed by atoms with van der Waals surface area (Å²) in [6.45, 7) is 3.48. The first-order valence-electron chi connectivity index (χ1n) is 7.14. The number of hydrogen-bond acceptors (Lipinski definition) is 5. The Morgan fingerprint density at radius 3 is 2.80 bits per heavy atom. The van der Waals surface area contributed by atoms with Crippen LogP contribution >= 0.6 is 0 Å². The van der Waals surface area contributed by atoms with Crippen molar-refractivity contribution in [1.29, 1.82) is 0 Å². The fourth-order valence-corrected chi connectivity index (χ4v) is 2.41. The van der Waals surface area contributed by atoms with E-state index in [1.807, 2.05) is 32.2 Å². The molecule has 0 N–H and O–H groups in total.